The van der Waals surface area contributed by atoms with Crippen molar-refractivity contribution in [3.8, 4) is 0 Å². The number of amides is 1. The minimum atomic E-state index is 0.169. The van der Waals surface area contributed by atoms with Crippen molar-refractivity contribution >= 4 is 5.91 Å². The Hall–Kier alpha value is -0.570. The smallest absolute Gasteiger partial charge is 0.221 e. The van der Waals surface area contributed by atoms with Gasteiger partial charge in [0.15, 0.2) is 0 Å². The zero-order valence-electron chi connectivity index (χ0n) is 10.3. The van der Waals surface area contributed by atoms with E-state index in [4.69, 9.17) is 0 Å². The van der Waals surface area contributed by atoms with Crippen LogP contribution in [0.15, 0.2) is 0 Å². The first-order valence-corrected chi connectivity index (χ1v) is 6.77. The highest BCUT2D eigenvalue weighted by Gasteiger charge is 2.38. The Morgan fingerprint density at radius 2 is 2.19 bits per heavy atom. The van der Waals surface area contributed by atoms with Gasteiger partial charge in [0.2, 0.25) is 5.91 Å². The van der Waals surface area contributed by atoms with E-state index in [1.54, 1.807) is 0 Å². The lowest BCUT2D eigenvalue weighted by Gasteiger charge is -2.21. The number of hydrogen-bond acceptors (Lipinski definition) is 2. The maximum Gasteiger partial charge on any atom is 0.221 e. The number of rotatable bonds is 6. The highest BCUT2D eigenvalue weighted by molar-refractivity contribution is 5.75. The third-order valence-corrected chi connectivity index (χ3v) is 4.19. The molecule has 0 saturated heterocycles. The molecule has 2 rings (SSSR count). The Bertz CT molecular complexity index is 242. The number of nitrogens with one attached hydrogen (secondary N) is 2. The van der Waals surface area contributed by atoms with Crippen LogP contribution in [0.25, 0.3) is 0 Å². The molecular weight excluding hydrogens is 200 g/mol. The van der Waals surface area contributed by atoms with E-state index in [0.717, 1.165) is 37.4 Å². The van der Waals surface area contributed by atoms with Gasteiger partial charge in [-0.3, -0.25) is 4.79 Å². The summed E-state index contributed by atoms with van der Waals surface area (Å²) in [4.78, 5) is 11.2. The average Bonchev–Trinajstić information content (AvgIpc) is 2.86. The van der Waals surface area contributed by atoms with Gasteiger partial charge < -0.3 is 10.6 Å². The fraction of sp³-hybridized carbons (Fsp3) is 0.923. The molecule has 3 unspecified atom stereocenters. The van der Waals surface area contributed by atoms with Gasteiger partial charge in [-0.1, -0.05) is 6.42 Å². The summed E-state index contributed by atoms with van der Waals surface area (Å²) in [7, 11) is 0. The van der Waals surface area contributed by atoms with Gasteiger partial charge in [-0.2, -0.15) is 0 Å². The van der Waals surface area contributed by atoms with Crippen molar-refractivity contribution in [3.63, 3.8) is 0 Å². The molecule has 2 aliphatic rings. The average molecular weight is 224 g/mol. The van der Waals surface area contributed by atoms with E-state index in [0.29, 0.717) is 6.42 Å². The second-order valence-corrected chi connectivity index (χ2v) is 5.34. The van der Waals surface area contributed by atoms with E-state index in [-0.39, 0.29) is 5.91 Å². The van der Waals surface area contributed by atoms with E-state index >= 15 is 0 Å². The first-order chi connectivity index (χ1) is 7.79. The molecular formula is C13H24N2O. The van der Waals surface area contributed by atoms with Crippen molar-refractivity contribution in [2.24, 2.45) is 17.8 Å². The maximum atomic E-state index is 11.2. The lowest BCUT2D eigenvalue weighted by molar-refractivity contribution is -0.120. The Kier molecular flexibility index (Phi) is 4.22. The fourth-order valence-corrected chi connectivity index (χ4v) is 3.40. The van der Waals surface area contributed by atoms with Crippen LogP contribution in [0.3, 0.4) is 0 Å². The number of fused-ring (bicyclic) bond motifs is 2. The van der Waals surface area contributed by atoms with Gasteiger partial charge >= 0.3 is 0 Å². The molecule has 3 nitrogen and oxygen atoms in total. The third-order valence-electron chi connectivity index (χ3n) is 4.19. The molecule has 2 bridgehead atoms. The molecule has 0 heterocycles. The monoisotopic (exact) mass is 224 g/mol. The van der Waals surface area contributed by atoms with Gasteiger partial charge in [0.1, 0.15) is 0 Å². The zero-order chi connectivity index (χ0) is 11.4. The first kappa shape index (κ1) is 11.9. The number of hydrogen-bond donors (Lipinski definition) is 2. The first-order valence-electron chi connectivity index (χ1n) is 6.77. The summed E-state index contributed by atoms with van der Waals surface area (Å²) in [5, 5.41) is 6.26. The molecule has 3 atom stereocenters. The van der Waals surface area contributed by atoms with Crippen LogP contribution in [-0.4, -0.2) is 25.5 Å². The summed E-state index contributed by atoms with van der Waals surface area (Å²) in [5.41, 5.74) is 0. The van der Waals surface area contributed by atoms with Crippen LogP contribution < -0.4 is 10.6 Å². The number of carbonyl (C=O) groups excluding carboxylic acids is 1. The Morgan fingerprint density at radius 3 is 2.81 bits per heavy atom. The maximum absolute atomic E-state index is 11.2. The molecule has 16 heavy (non-hydrogen) atoms. The molecule has 2 N–H and O–H groups in total. The molecule has 92 valence electrons. The van der Waals surface area contributed by atoms with E-state index < -0.39 is 0 Å². The summed E-state index contributed by atoms with van der Waals surface area (Å²) in [6, 6.07) is 0. The van der Waals surface area contributed by atoms with Gasteiger partial charge in [0.05, 0.1) is 0 Å². The molecule has 0 radical (unpaired) electrons. The van der Waals surface area contributed by atoms with Crippen molar-refractivity contribution < 1.29 is 4.79 Å². The third kappa shape index (κ3) is 2.97. The topological polar surface area (TPSA) is 41.1 Å². The summed E-state index contributed by atoms with van der Waals surface area (Å²) in [5.74, 6) is 3.08. The van der Waals surface area contributed by atoms with Crippen LogP contribution in [0.5, 0.6) is 0 Å². The summed E-state index contributed by atoms with van der Waals surface area (Å²) in [6.07, 6.45) is 6.45. The zero-order valence-corrected chi connectivity index (χ0v) is 10.3. The van der Waals surface area contributed by atoms with E-state index in [1.165, 1.54) is 25.7 Å². The molecule has 0 spiro atoms. The number of carbonyl (C=O) groups is 1. The van der Waals surface area contributed by atoms with Crippen LogP contribution in [0.1, 0.15) is 39.0 Å². The van der Waals surface area contributed by atoms with E-state index in [2.05, 4.69) is 10.6 Å². The standard InChI is InChI=1S/C13H24N2O/c1-2-15-13(16)5-6-14-9-12-8-10-3-4-11(12)7-10/h10-12,14H,2-9H2,1H3,(H,15,16). The molecule has 0 aromatic rings. The predicted molar refractivity (Wildman–Crippen MR) is 65.1 cm³/mol. The van der Waals surface area contributed by atoms with Gasteiger partial charge in [-0.15, -0.1) is 0 Å². The van der Waals surface area contributed by atoms with E-state index in [1.807, 2.05) is 6.92 Å². The lowest BCUT2D eigenvalue weighted by atomic mass is 9.89. The van der Waals surface area contributed by atoms with Gasteiger partial charge in [-0.25, -0.2) is 0 Å². The molecule has 0 aromatic carbocycles. The highest BCUT2D eigenvalue weighted by atomic mass is 16.1. The highest BCUT2D eigenvalue weighted by Crippen LogP contribution is 2.47. The van der Waals surface area contributed by atoms with Gasteiger partial charge in [0.25, 0.3) is 0 Å². The van der Waals surface area contributed by atoms with Crippen LogP contribution >= 0.6 is 0 Å². The summed E-state index contributed by atoms with van der Waals surface area (Å²) < 4.78 is 0. The van der Waals surface area contributed by atoms with Crippen LogP contribution in [0.2, 0.25) is 0 Å². The van der Waals surface area contributed by atoms with Crippen molar-refractivity contribution in [2.75, 3.05) is 19.6 Å². The van der Waals surface area contributed by atoms with Gasteiger partial charge in [0, 0.05) is 19.5 Å². The summed E-state index contributed by atoms with van der Waals surface area (Å²) in [6.45, 7) is 4.66. The minimum Gasteiger partial charge on any atom is -0.356 e. The minimum absolute atomic E-state index is 0.169. The van der Waals surface area contributed by atoms with Crippen LogP contribution in [0, 0.1) is 17.8 Å². The van der Waals surface area contributed by atoms with Crippen molar-refractivity contribution in [1.29, 1.82) is 0 Å². The van der Waals surface area contributed by atoms with Gasteiger partial charge in [-0.05, 0) is 50.5 Å². The molecule has 2 fully saturated rings. The Labute approximate surface area is 98.4 Å². The quantitative estimate of drug-likeness (QED) is 0.672. The normalized spacial score (nSPS) is 31.9. The lowest BCUT2D eigenvalue weighted by Crippen LogP contribution is -2.31. The fourth-order valence-electron chi connectivity index (χ4n) is 3.40. The molecule has 3 heteroatoms. The Balaban J connectivity index is 1.54. The largest absolute Gasteiger partial charge is 0.356 e. The summed E-state index contributed by atoms with van der Waals surface area (Å²) >= 11 is 0. The second kappa shape index (κ2) is 5.67. The predicted octanol–water partition coefficient (Wildman–Crippen LogP) is 1.54. The molecule has 0 aromatic heterocycles. The van der Waals surface area contributed by atoms with Crippen LogP contribution in [0.4, 0.5) is 0 Å². The van der Waals surface area contributed by atoms with Crippen molar-refractivity contribution in [2.45, 2.75) is 39.0 Å². The van der Waals surface area contributed by atoms with E-state index in [9.17, 15) is 4.79 Å². The second-order valence-electron chi connectivity index (χ2n) is 5.34. The molecule has 0 aliphatic heterocycles. The molecule has 1 amide bonds. The van der Waals surface area contributed by atoms with Crippen LogP contribution in [-0.2, 0) is 4.79 Å². The SMILES string of the molecule is CCNC(=O)CCNCC1CC2CCC1C2. The molecule has 2 aliphatic carbocycles. The van der Waals surface area contributed by atoms with Crippen molar-refractivity contribution in [1.82, 2.24) is 10.6 Å². The Morgan fingerprint density at radius 1 is 1.31 bits per heavy atom. The van der Waals surface area contributed by atoms with Crippen molar-refractivity contribution in [3.05, 3.63) is 0 Å². The molecule has 2 saturated carbocycles.